The summed E-state index contributed by atoms with van der Waals surface area (Å²) in [5.41, 5.74) is 0.378. The van der Waals surface area contributed by atoms with E-state index in [0.717, 1.165) is 0 Å². The van der Waals surface area contributed by atoms with Gasteiger partial charge in [0, 0.05) is 11.4 Å². The maximum absolute atomic E-state index is 11.4. The van der Waals surface area contributed by atoms with Crippen LogP contribution >= 0.6 is 11.6 Å². The van der Waals surface area contributed by atoms with Crippen molar-refractivity contribution in [2.75, 3.05) is 0 Å². The molecule has 0 spiro atoms. The highest BCUT2D eigenvalue weighted by Crippen LogP contribution is 2.19. The molecule has 5 heteroatoms. The number of Topliss-reactive ketones (excluding diaryl/α,β-unsaturated/α-hetero) is 1. The number of carboxylic acids is 1. The largest absolute Gasteiger partial charge is 0.481 e. The van der Waals surface area contributed by atoms with Gasteiger partial charge in [0.05, 0.1) is 6.42 Å². The lowest BCUT2D eigenvalue weighted by Crippen LogP contribution is -2.13. The van der Waals surface area contributed by atoms with Crippen LogP contribution in [0.5, 0.6) is 0 Å². The molecule has 1 aromatic carbocycles. The number of hydrogen-bond donors (Lipinski definition) is 2. The van der Waals surface area contributed by atoms with Crippen molar-refractivity contribution >= 4 is 23.4 Å². The number of hydrogen-bond acceptors (Lipinski definition) is 3. The van der Waals surface area contributed by atoms with Crippen LogP contribution in [-0.2, 0) is 9.59 Å². The van der Waals surface area contributed by atoms with Crippen LogP contribution in [0.15, 0.2) is 24.3 Å². The van der Waals surface area contributed by atoms with Crippen molar-refractivity contribution in [2.24, 2.45) is 0 Å². The molecule has 0 amide bonds. The lowest BCUT2D eigenvalue weighted by atomic mass is 10.0. The number of aliphatic carboxylic acids is 1. The summed E-state index contributed by atoms with van der Waals surface area (Å²) in [6.07, 6.45) is -1.78. The van der Waals surface area contributed by atoms with Crippen LogP contribution in [0.1, 0.15) is 24.5 Å². The lowest BCUT2D eigenvalue weighted by molar-refractivity contribution is -0.139. The van der Waals surface area contributed by atoms with Gasteiger partial charge in [0.15, 0.2) is 5.78 Å². The zero-order chi connectivity index (χ0) is 12.1. The quantitative estimate of drug-likeness (QED) is 0.826. The SMILES string of the molecule is O=C(O)CCC(=O)[C@H](O)c1cccc(Cl)c1. The van der Waals surface area contributed by atoms with E-state index in [1.807, 2.05) is 0 Å². The first-order valence-corrected chi connectivity index (χ1v) is 5.06. The van der Waals surface area contributed by atoms with E-state index >= 15 is 0 Å². The first-order chi connectivity index (χ1) is 7.50. The van der Waals surface area contributed by atoms with Crippen LogP contribution < -0.4 is 0 Å². The molecule has 0 saturated carbocycles. The maximum atomic E-state index is 11.4. The van der Waals surface area contributed by atoms with Crippen molar-refractivity contribution in [3.8, 4) is 0 Å². The third-order valence-electron chi connectivity index (χ3n) is 2.05. The van der Waals surface area contributed by atoms with Crippen molar-refractivity contribution in [1.29, 1.82) is 0 Å². The zero-order valence-corrected chi connectivity index (χ0v) is 9.15. The van der Waals surface area contributed by atoms with Crippen LogP contribution in [0.4, 0.5) is 0 Å². The summed E-state index contributed by atoms with van der Waals surface area (Å²) in [5, 5.41) is 18.4. The zero-order valence-electron chi connectivity index (χ0n) is 8.39. The number of carbonyl (C=O) groups excluding carboxylic acids is 1. The van der Waals surface area contributed by atoms with Crippen molar-refractivity contribution < 1.29 is 19.8 Å². The number of aliphatic hydroxyl groups is 1. The van der Waals surface area contributed by atoms with E-state index in [-0.39, 0.29) is 12.8 Å². The Hall–Kier alpha value is -1.39. The Bertz CT molecular complexity index is 403. The van der Waals surface area contributed by atoms with Gasteiger partial charge in [-0.1, -0.05) is 23.7 Å². The monoisotopic (exact) mass is 242 g/mol. The van der Waals surface area contributed by atoms with E-state index in [0.29, 0.717) is 10.6 Å². The first-order valence-electron chi connectivity index (χ1n) is 4.68. The molecule has 86 valence electrons. The van der Waals surface area contributed by atoms with Crippen molar-refractivity contribution in [3.63, 3.8) is 0 Å². The fourth-order valence-corrected chi connectivity index (χ4v) is 1.43. The average Bonchev–Trinajstić information content (AvgIpc) is 2.24. The number of carbonyl (C=O) groups is 2. The van der Waals surface area contributed by atoms with Gasteiger partial charge in [-0.2, -0.15) is 0 Å². The molecule has 0 heterocycles. The van der Waals surface area contributed by atoms with Gasteiger partial charge in [0.25, 0.3) is 0 Å². The number of ketones is 1. The van der Waals surface area contributed by atoms with Gasteiger partial charge in [-0.15, -0.1) is 0 Å². The minimum atomic E-state index is -1.31. The molecule has 16 heavy (non-hydrogen) atoms. The third-order valence-corrected chi connectivity index (χ3v) is 2.29. The second kappa shape index (κ2) is 5.63. The van der Waals surface area contributed by atoms with Crippen LogP contribution in [0, 0.1) is 0 Å². The highest BCUT2D eigenvalue weighted by Gasteiger charge is 2.18. The fourth-order valence-electron chi connectivity index (χ4n) is 1.23. The van der Waals surface area contributed by atoms with Gasteiger partial charge in [-0.3, -0.25) is 9.59 Å². The Morgan fingerprint density at radius 2 is 2.00 bits per heavy atom. The third kappa shape index (κ3) is 3.64. The topological polar surface area (TPSA) is 74.6 Å². The summed E-state index contributed by atoms with van der Waals surface area (Å²) >= 11 is 5.70. The van der Waals surface area contributed by atoms with E-state index in [9.17, 15) is 14.7 Å². The minimum Gasteiger partial charge on any atom is -0.481 e. The molecule has 0 saturated heterocycles. The van der Waals surface area contributed by atoms with Crippen LogP contribution in [-0.4, -0.2) is 22.0 Å². The van der Waals surface area contributed by atoms with E-state index < -0.39 is 17.9 Å². The average molecular weight is 243 g/mol. The standard InChI is InChI=1S/C11H11ClO4/c12-8-3-1-2-7(6-8)11(16)9(13)4-5-10(14)15/h1-3,6,11,16H,4-5H2,(H,14,15)/t11-/m1/s1. The Balaban J connectivity index is 2.66. The summed E-state index contributed by atoms with van der Waals surface area (Å²) in [5.74, 6) is -1.59. The first kappa shape index (κ1) is 12.7. The molecule has 0 fully saturated rings. The second-order valence-electron chi connectivity index (χ2n) is 3.32. The number of carboxylic acid groups (broad SMARTS) is 1. The number of rotatable bonds is 5. The molecule has 0 unspecified atom stereocenters. The summed E-state index contributed by atoms with van der Waals surface area (Å²) in [7, 11) is 0. The molecular formula is C11H11ClO4. The van der Waals surface area contributed by atoms with Crippen molar-refractivity contribution in [3.05, 3.63) is 34.9 Å². The van der Waals surface area contributed by atoms with Crippen LogP contribution in [0.25, 0.3) is 0 Å². The smallest absolute Gasteiger partial charge is 0.303 e. The molecule has 1 atom stereocenters. The van der Waals surface area contributed by atoms with Crippen LogP contribution in [0.2, 0.25) is 5.02 Å². The molecule has 0 aliphatic heterocycles. The van der Waals surface area contributed by atoms with Crippen molar-refractivity contribution in [1.82, 2.24) is 0 Å². The molecule has 0 aliphatic carbocycles. The minimum absolute atomic E-state index is 0.191. The molecule has 1 rings (SSSR count). The van der Waals surface area contributed by atoms with E-state index in [2.05, 4.69) is 0 Å². The molecule has 2 N–H and O–H groups in total. The van der Waals surface area contributed by atoms with E-state index in [4.69, 9.17) is 16.7 Å². The summed E-state index contributed by atoms with van der Waals surface area (Å²) < 4.78 is 0. The number of halogens is 1. The molecule has 4 nitrogen and oxygen atoms in total. The van der Waals surface area contributed by atoms with Gasteiger partial charge < -0.3 is 10.2 Å². The summed E-state index contributed by atoms with van der Waals surface area (Å²) in [6, 6.07) is 6.28. The summed E-state index contributed by atoms with van der Waals surface area (Å²) in [6.45, 7) is 0. The molecule has 0 bridgehead atoms. The summed E-state index contributed by atoms with van der Waals surface area (Å²) in [4.78, 5) is 21.7. The highest BCUT2D eigenvalue weighted by atomic mass is 35.5. The number of aliphatic hydroxyl groups excluding tert-OH is 1. The normalized spacial score (nSPS) is 12.1. The predicted octanol–water partition coefficient (Wildman–Crippen LogP) is 1.81. The van der Waals surface area contributed by atoms with Crippen LogP contribution in [0.3, 0.4) is 0 Å². The van der Waals surface area contributed by atoms with Gasteiger partial charge in [-0.05, 0) is 17.7 Å². The van der Waals surface area contributed by atoms with Gasteiger partial charge >= 0.3 is 5.97 Å². The Morgan fingerprint density at radius 1 is 1.31 bits per heavy atom. The fraction of sp³-hybridized carbons (Fsp3) is 0.273. The molecule has 0 aromatic heterocycles. The van der Waals surface area contributed by atoms with Crippen molar-refractivity contribution in [2.45, 2.75) is 18.9 Å². The molecule has 0 radical (unpaired) electrons. The molecular weight excluding hydrogens is 232 g/mol. The number of benzene rings is 1. The van der Waals surface area contributed by atoms with E-state index in [1.165, 1.54) is 6.07 Å². The predicted molar refractivity (Wildman–Crippen MR) is 58.3 cm³/mol. The highest BCUT2D eigenvalue weighted by molar-refractivity contribution is 6.30. The Labute approximate surface area is 97.5 Å². The second-order valence-corrected chi connectivity index (χ2v) is 3.75. The Kier molecular flexibility index (Phi) is 4.46. The molecule has 1 aromatic rings. The van der Waals surface area contributed by atoms with Gasteiger partial charge in [0.2, 0.25) is 0 Å². The van der Waals surface area contributed by atoms with Gasteiger partial charge in [-0.25, -0.2) is 0 Å². The van der Waals surface area contributed by atoms with Gasteiger partial charge in [0.1, 0.15) is 6.10 Å². The maximum Gasteiger partial charge on any atom is 0.303 e. The van der Waals surface area contributed by atoms with E-state index in [1.54, 1.807) is 18.2 Å². The molecule has 0 aliphatic rings. The lowest BCUT2D eigenvalue weighted by Gasteiger charge is -2.09. The Morgan fingerprint density at radius 3 is 2.56 bits per heavy atom.